The molecule has 6 nitrogen and oxygen atoms in total. The minimum Gasteiger partial charge on any atom is -0.497 e. The van der Waals surface area contributed by atoms with Crippen LogP contribution in [0.5, 0.6) is 5.75 Å². The Hall–Kier alpha value is -2.63. The van der Waals surface area contributed by atoms with E-state index in [1.807, 2.05) is 36.4 Å². The van der Waals surface area contributed by atoms with Crippen molar-refractivity contribution in [3.63, 3.8) is 0 Å². The molecule has 3 aromatic rings. The topological polar surface area (TPSA) is 59.1 Å². The summed E-state index contributed by atoms with van der Waals surface area (Å²) < 4.78 is 77.5. The zero-order chi connectivity index (χ0) is 27.3. The number of alkyl halides is 3. The molecular formula is C27H28ClF3N2O4S. The molecule has 1 atom stereocenters. The molecule has 4 rings (SSSR count). The van der Waals surface area contributed by atoms with Crippen molar-refractivity contribution in [2.75, 3.05) is 39.8 Å². The summed E-state index contributed by atoms with van der Waals surface area (Å²) in [5, 5.41) is 0.613. The van der Waals surface area contributed by atoms with Gasteiger partial charge in [-0.2, -0.15) is 17.5 Å². The van der Waals surface area contributed by atoms with Gasteiger partial charge in [-0.1, -0.05) is 35.9 Å². The molecule has 0 unspecified atom stereocenters. The molecule has 1 saturated heterocycles. The first-order chi connectivity index (χ1) is 18.1. The van der Waals surface area contributed by atoms with Gasteiger partial charge in [0.05, 0.1) is 30.3 Å². The summed E-state index contributed by atoms with van der Waals surface area (Å²) in [6.45, 7) is 2.21. The number of hydrogen-bond donors (Lipinski definition) is 0. The molecular weight excluding hydrogens is 541 g/mol. The lowest BCUT2D eigenvalue weighted by molar-refractivity contribution is -0.137. The maximum absolute atomic E-state index is 13.0. The van der Waals surface area contributed by atoms with Gasteiger partial charge < -0.3 is 9.47 Å². The third-order valence-corrected chi connectivity index (χ3v) is 8.57. The van der Waals surface area contributed by atoms with Gasteiger partial charge in [-0.05, 0) is 59.7 Å². The number of rotatable bonds is 9. The molecule has 0 radical (unpaired) electrons. The van der Waals surface area contributed by atoms with E-state index in [1.165, 1.54) is 4.31 Å². The summed E-state index contributed by atoms with van der Waals surface area (Å²) >= 11 is 6.07. The van der Waals surface area contributed by atoms with Crippen molar-refractivity contribution >= 4 is 21.6 Å². The fraction of sp³-hybridized carbons (Fsp3) is 0.333. The van der Waals surface area contributed by atoms with E-state index in [-0.39, 0.29) is 24.1 Å². The number of benzene rings is 3. The van der Waals surface area contributed by atoms with Crippen LogP contribution in [0, 0.1) is 0 Å². The van der Waals surface area contributed by atoms with Crippen LogP contribution in [-0.2, 0) is 27.5 Å². The summed E-state index contributed by atoms with van der Waals surface area (Å²) in [6, 6.07) is 18.6. The van der Waals surface area contributed by atoms with Crippen molar-refractivity contribution in [1.82, 2.24) is 9.21 Å². The molecule has 0 spiro atoms. The molecule has 38 heavy (non-hydrogen) atoms. The molecule has 1 heterocycles. The van der Waals surface area contributed by atoms with Crippen molar-refractivity contribution in [2.24, 2.45) is 0 Å². The Balaban J connectivity index is 1.41. The maximum atomic E-state index is 13.0. The van der Waals surface area contributed by atoms with Gasteiger partial charge >= 0.3 is 6.18 Å². The highest BCUT2D eigenvalue weighted by Crippen LogP contribution is 2.30. The molecule has 11 heteroatoms. The van der Waals surface area contributed by atoms with Gasteiger partial charge in [0, 0.05) is 37.7 Å². The SMILES string of the molecule is COc1cccc(CO[C@@H](CN2CCN(S(=O)(=O)c3ccc(C(F)(F)F)cc3)CC2)c2ccc(Cl)cc2)c1. The predicted molar refractivity (Wildman–Crippen MR) is 139 cm³/mol. The van der Waals surface area contributed by atoms with Gasteiger partial charge in [-0.15, -0.1) is 0 Å². The molecule has 1 aliphatic heterocycles. The van der Waals surface area contributed by atoms with Crippen molar-refractivity contribution in [3.05, 3.63) is 94.5 Å². The summed E-state index contributed by atoms with van der Waals surface area (Å²) in [4.78, 5) is 1.96. The Labute approximate surface area is 225 Å². The molecule has 0 saturated carbocycles. The van der Waals surface area contributed by atoms with Crippen LogP contribution in [0.15, 0.2) is 77.7 Å². The number of sulfonamides is 1. The van der Waals surface area contributed by atoms with Gasteiger partial charge in [0.15, 0.2) is 0 Å². The van der Waals surface area contributed by atoms with E-state index >= 15 is 0 Å². The lowest BCUT2D eigenvalue weighted by Gasteiger charge is -2.36. The highest BCUT2D eigenvalue weighted by molar-refractivity contribution is 7.89. The summed E-state index contributed by atoms with van der Waals surface area (Å²) in [5.74, 6) is 0.736. The first-order valence-electron chi connectivity index (χ1n) is 12.0. The zero-order valence-electron chi connectivity index (χ0n) is 20.7. The molecule has 0 aromatic heterocycles. The van der Waals surface area contributed by atoms with Crippen molar-refractivity contribution in [3.8, 4) is 5.75 Å². The normalized spacial score (nSPS) is 16.3. The summed E-state index contributed by atoms with van der Waals surface area (Å²) in [5.41, 5.74) is 1.01. The van der Waals surface area contributed by atoms with Crippen molar-refractivity contribution in [2.45, 2.75) is 23.8 Å². The van der Waals surface area contributed by atoms with Crippen molar-refractivity contribution < 1.29 is 31.1 Å². The molecule has 1 aliphatic rings. The molecule has 0 aliphatic carbocycles. The van der Waals surface area contributed by atoms with E-state index in [0.29, 0.717) is 31.3 Å². The number of piperazine rings is 1. The fourth-order valence-electron chi connectivity index (χ4n) is 4.24. The Morgan fingerprint density at radius 3 is 2.21 bits per heavy atom. The Morgan fingerprint density at radius 2 is 1.61 bits per heavy atom. The number of halogens is 4. The average Bonchev–Trinajstić information content (AvgIpc) is 2.91. The number of hydrogen-bond acceptors (Lipinski definition) is 5. The second kappa shape index (κ2) is 12.0. The first-order valence-corrected chi connectivity index (χ1v) is 13.8. The lowest BCUT2D eigenvalue weighted by Crippen LogP contribution is -2.49. The van der Waals surface area contributed by atoms with Gasteiger partial charge in [0.1, 0.15) is 5.75 Å². The number of methoxy groups -OCH3 is 1. The maximum Gasteiger partial charge on any atom is 0.416 e. The van der Waals surface area contributed by atoms with Crippen LogP contribution in [-0.4, -0.2) is 57.5 Å². The number of nitrogens with zero attached hydrogens (tertiary/aromatic N) is 2. The van der Waals surface area contributed by atoms with Gasteiger partial charge in [0.2, 0.25) is 10.0 Å². The Morgan fingerprint density at radius 1 is 0.947 bits per heavy atom. The van der Waals surface area contributed by atoms with E-state index in [2.05, 4.69) is 4.90 Å². The van der Waals surface area contributed by atoms with Crippen LogP contribution in [0.3, 0.4) is 0 Å². The monoisotopic (exact) mass is 568 g/mol. The highest BCUT2D eigenvalue weighted by Gasteiger charge is 2.33. The minimum absolute atomic E-state index is 0.153. The standard InChI is InChI=1S/C27H28ClF3N2O4S/c1-36-24-4-2-3-20(17-24)19-37-26(21-5-9-23(28)10-6-21)18-32-13-15-33(16-14-32)38(34,35)25-11-7-22(8-12-25)27(29,30)31/h2-12,17,26H,13-16,18-19H2,1H3/t26-/m0/s1. The van der Waals surface area contributed by atoms with E-state index in [9.17, 15) is 21.6 Å². The summed E-state index contributed by atoms with van der Waals surface area (Å²) in [6.07, 6.45) is -4.82. The van der Waals surface area contributed by atoms with E-state index in [1.54, 1.807) is 19.2 Å². The van der Waals surface area contributed by atoms with Crippen LogP contribution >= 0.6 is 11.6 Å². The summed E-state index contributed by atoms with van der Waals surface area (Å²) in [7, 11) is -2.30. The van der Waals surface area contributed by atoms with Crippen LogP contribution in [0.4, 0.5) is 13.2 Å². The van der Waals surface area contributed by atoms with Crippen LogP contribution in [0.1, 0.15) is 22.8 Å². The zero-order valence-corrected chi connectivity index (χ0v) is 22.3. The van der Waals surface area contributed by atoms with Crippen LogP contribution in [0.25, 0.3) is 0 Å². The first kappa shape index (κ1) is 28.4. The predicted octanol–water partition coefficient (Wildman–Crippen LogP) is 5.63. The third-order valence-electron chi connectivity index (χ3n) is 6.40. The largest absolute Gasteiger partial charge is 0.497 e. The molecule has 0 amide bonds. The molecule has 204 valence electrons. The van der Waals surface area contributed by atoms with Gasteiger partial charge in [0.25, 0.3) is 0 Å². The molecule has 3 aromatic carbocycles. The van der Waals surface area contributed by atoms with Gasteiger partial charge in [-0.3, -0.25) is 4.90 Å². The molecule has 1 fully saturated rings. The molecule has 0 bridgehead atoms. The Bertz CT molecular complexity index is 1310. The van der Waals surface area contributed by atoms with Crippen molar-refractivity contribution in [1.29, 1.82) is 0 Å². The number of ether oxygens (including phenoxy) is 2. The second-order valence-electron chi connectivity index (χ2n) is 8.93. The van der Waals surface area contributed by atoms with E-state index in [4.69, 9.17) is 21.1 Å². The minimum atomic E-state index is -4.52. The van der Waals surface area contributed by atoms with E-state index < -0.39 is 21.8 Å². The van der Waals surface area contributed by atoms with E-state index in [0.717, 1.165) is 41.1 Å². The quantitative estimate of drug-likeness (QED) is 0.335. The second-order valence-corrected chi connectivity index (χ2v) is 11.3. The van der Waals surface area contributed by atoms with Crippen LogP contribution < -0.4 is 4.74 Å². The Kier molecular flexibility index (Phi) is 9.00. The lowest BCUT2D eigenvalue weighted by atomic mass is 10.1. The van der Waals surface area contributed by atoms with Crippen LogP contribution in [0.2, 0.25) is 5.02 Å². The third kappa shape index (κ3) is 7.06. The average molecular weight is 569 g/mol. The fourth-order valence-corrected chi connectivity index (χ4v) is 5.79. The highest BCUT2D eigenvalue weighted by atomic mass is 35.5. The molecule has 0 N–H and O–H groups in total. The smallest absolute Gasteiger partial charge is 0.416 e. The van der Waals surface area contributed by atoms with Gasteiger partial charge in [-0.25, -0.2) is 8.42 Å².